The minimum atomic E-state index is -1.31. The van der Waals surface area contributed by atoms with E-state index in [2.05, 4.69) is 31.5 Å². The molecule has 46 heavy (non-hydrogen) atoms. The van der Waals surface area contributed by atoms with Crippen LogP contribution in [-0.4, -0.2) is 75.6 Å². The number of halogens is 3. The normalized spacial score (nSPS) is 23.9. The molecule has 0 saturated carbocycles. The van der Waals surface area contributed by atoms with Crippen molar-refractivity contribution in [2.45, 2.75) is 96.7 Å². The van der Waals surface area contributed by atoms with Crippen molar-refractivity contribution >= 4 is 0 Å². The van der Waals surface area contributed by atoms with Gasteiger partial charge in [0.15, 0.2) is 0 Å². The maximum absolute atomic E-state index is 14.7. The fraction of sp³-hybridized carbons (Fsp3) is 0.606. The molecule has 3 aromatic rings. The van der Waals surface area contributed by atoms with Crippen molar-refractivity contribution in [1.82, 2.24) is 30.3 Å². The highest BCUT2D eigenvalue weighted by Crippen LogP contribution is 2.36. The smallest absolute Gasteiger partial charge is 0.240 e. The molecule has 5 rings (SSSR count). The summed E-state index contributed by atoms with van der Waals surface area (Å²) < 4.78 is 61.7. The highest BCUT2D eigenvalue weighted by Gasteiger charge is 2.38. The number of nitrogens with zero attached hydrogens (tertiary/aromatic N) is 6. The van der Waals surface area contributed by atoms with E-state index in [1.165, 1.54) is 18.2 Å². The zero-order chi connectivity index (χ0) is 33.4. The molecule has 2 saturated heterocycles. The first-order valence-corrected chi connectivity index (χ1v) is 15.7. The van der Waals surface area contributed by atoms with Crippen LogP contribution in [0, 0.1) is 34.3 Å². The zero-order valence-corrected chi connectivity index (χ0v) is 27.4. The van der Waals surface area contributed by atoms with E-state index in [0.29, 0.717) is 32.4 Å². The Hall–Kier alpha value is -3.76. The highest BCUT2D eigenvalue weighted by atomic mass is 19.1. The van der Waals surface area contributed by atoms with Crippen molar-refractivity contribution < 1.29 is 27.2 Å². The number of alkyl halides is 1. The number of benzene rings is 1. The molecule has 0 radical (unpaired) electrons. The number of hydrogen-bond acceptors (Lipinski definition) is 10. The van der Waals surface area contributed by atoms with Gasteiger partial charge in [0.05, 0.1) is 23.5 Å². The molecule has 10 nitrogen and oxygen atoms in total. The molecule has 2 aromatic heterocycles. The van der Waals surface area contributed by atoms with E-state index in [1.807, 2.05) is 39.6 Å². The summed E-state index contributed by atoms with van der Waals surface area (Å²) in [6.45, 7) is 12.1. The van der Waals surface area contributed by atoms with Crippen LogP contribution in [0.15, 0.2) is 28.8 Å². The average molecular weight is 642 g/mol. The third-order valence-corrected chi connectivity index (χ3v) is 8.98. The molecule has 0 bridgehead atoms. The quantitative estimate of drug-likeness (QED) is 0.315. The Morgan fingerprint density at radius 1 is 1.07 bits per heavy atom. The Balaban J connectivity index is 1.46. The van der Waals surface area contributed by atoms with Crippen LogP contribution in [0.1, 0.15) is 72.3 Å². The number of likely N-dealkylation sites (N-methyl/N-ethyl adjacent to an activating group) is 1. The molecule has 4 heterocycles. The number of ether oxygens (including phenoxy) is 2. The van der Waals surface area contributed by atoms with Gasteiger partial charge in [-0.15, -0.1) is 0 Å². The Kier molecular flexibility index (Phi) is 9.61. The van der Waals surface area contributed by atoms with E-state index in [1.54, 1.807) is 19.9 Å². The summed E-state index contributed by atoms with van der Waals surface area (Å²) >= 11 is 0. The van der Waals surface area contributed by atoms with E-state index in [4.69, 9.17) is 14.0 Å². The predicted octanol–water partition coefficient (Wildman–Crippen LogP) is 5.63. The highest BCUT2D eigenvalue weighted by molar-refractivity contribution is 5.46. The van der Waals surface area contributed by atoms with Crippen molar-refractivity contribution in [2.24, 2.45) is 11.3 Å². The first kappa shape index (κ1) is 33.6. The summed E-state index contributed by atoms with van der Waals surface area (Å²) in [4.78, 5) is 15.5. The number of rotatable bonds is 9. The molecule has 13 heteroatoms. The minimum Gasteiger partial charge on any atom is -0.474 e. The van der Waals surface area contributed by atoms with Gasteiger partial charge in [0.2, 0.25) is 29.3 Å². The van der Waals surface area contributed by atoms with E-state index < -0.39 is 29.3 Å². The topological polar surface area (TPSA) is 122 Å². The summed E-state index contributed by atoms with van der Waals surface area (Å²) in [5.41, 5.74) is -1.75. The second-order valence-electron chi connectivity index (χ2n) is 14.0. The predicted molar refractivity (Wildman–Crippen MR) is 164 cm³/mol. The van der Waals surface area contributed by atoms with Crippen molar-refractivity contribution in [2.75, 3.05) is 20.1 Å². The maximum Gasteiger partial charge on any atom is 0.240 e. The molecule has 2 aliphatic heterocycles. The van der Waals surface area contributed by atoms with Gasteiger partial charge >= 0.3 is 0 Å². The van der Waals surface area contributed by atoms with E-state index >= 15 is 0 Å². The molecule has 248 valence electrons. The molecule has 2 aliphatic rings. The number of likely N-dealkylation sites (tertiary alicyclic amines) is 1. The molecule has 1 N–H and O–H groups in total. The number of aromatic nitrogens is 4. The molecular formula is C33H42F3N7O3. The van der Waals surface area contributed by atoms with Gasteiger partial charge < -0.3 is 19.3 Å². The fourth-order valence-corrected chi connectivity index (χ4v) is 6.51. The van der Waals surface area contributed by atoms with Crippen molar-refractivity contribution in [1.29, 1.82) is 5.26 Å². The third kappa shape index (κ3) is 7.13. The van der Waals surface area contributed by atoms with Crippen LogP contribution in [0.4, 0.5) is 13.2 Å². The third-order valence-electron chi connectivity index (χ3n) is 8.98. The molecular weight excluding hydrogens is 599 g/mol. The lowest BCUT2D eigenvalue weighted by molar-refractivity contribution is 0.0990. The van der Waals surface area contributed by atoms with Gasteiger partial charge in [-0.2, -0.15) is 20.2 Å². The maximum atomic E-state index is 14.7. The van der Waals surface area contributed by atoms with Crippen LogP contribution in [0.2, 0.25) is 0 Å². The Labute approximate surface area is 267 Å². The van der Waals surface area contributed by atoms with Crippen LogP contribution in [0.5, 0.6) is 11.8 Å². The van der Waals surface area contributed by atoms with Gasteiger partial charge in [-0.25, -0.2) is 13.2 Å². The first-order valence-electron chi connectivity index (χ1n) is 15.7. The molecule has 0 spiro atoms. The lowest BCUT2D eigenvalue weighted by Gasteiger charge is -2.38. The summed E-state index contributed by atoms with van der Waals surface area (Å²) in [6, 6.07) is 7.41. The van der Waals surface area contributed by atoms with Gasteiger partial charge in [0.1, 0.15) is 30.0 Å². The van der Waals surface area contributed by atoms with Crippen molar-refractivity contribution in [3.8, 4) is 29.5 Å². The lowest BCUT2D eigenvalue weighted by Crippen LogP contribution is -2.49. The van der Waals surface area contributed by atoms with Gasteiger partial charge in [0, 0.05) is 30.6 Å². The van der Waals surface area contributed by atoms with E-state index in [0.717, 1.165) is 0 Å². The van der Waals surface area contributed by atoms with Crippen molar-refractivity contribution in [3.63, 3.8) is 0 Å². The number of piperidine rings is 1. The van der Waals surface area contributed by atoms with Crippen LogP contribution in [0.3, 0.4) is 0 Å². The molecule has 6 atom stereocenters. The monoisotopic (exact) mass is 641 g/mol. The Morgan fingerprint density at radius 2 is 1.76 bits per heavy atom. The van der Waals surface area contributed by atoms with Gasteiger partial charge in [-0.1, -0.05) is 32.0 Å². The standard InChI is InChI=1S/C33H42F3N7O3/c1-18(25-13-19(34)17-43(25)7)44-26-15-27(45-20-11-12-38-24(14-20)21(16-37)32(2,3)4)40-29(39-26)30-41-31(46-42-30)33(5,6)28-22(35)9-8-10-23(28)36/h8-10,15,18-21,24-25,38H,11-14,17H2,1-7H3/t18-,19-,20-,21?,24+,25-/m0/s1. The summed E-state index contributed by atoms with van der Waals surface area (Å²) in [6.07, 6.45) is -0.0183. The Bertz CT molecular complexity index is 1550. The first-order chi connectivity index (χ1) is 21.7. The van der Waals surface area contributed by atoms with Gasteiger partial charge in [-0.3, -0.25) is 4.90 Å². The largest absolute Gasteiger partial charge is 0.474 e. The van der Waals surface area contributed by atoms with Gasteiger partial charge in [-0.05, 0) is 64.8 Å². The lowest BCUT2D eigenvalue weighted by atomic mass is 9.74. The second-order valence-corrected chi connectivity index (χ2v) is 14.0. The van der Waals surface area contributed by atoms with Gasteiger partial charge in [0.25, 0.3) is 0 Å². The zero-order valence-electron chi connectivity index (χ0n) is 27.4. The Morgan fingerprint density at radius 3 is 2.39 bits per heavy atom. The van der Waals surface area contributed by atoms with E-state index in [-0.39, 0.29) is 64.4 Å². The molecule has 0 aliphatic carbocycles. The van der Waals surface area contributed by atoms with Crippen LogP contribution in [-0.2, 0) is 5.41 Å². The summed E-state index contributed by atoms with van der Waals surface area (Å²) in [5, 5.41) is 17.4. The SMILES string of the molecule is C[C@H](Oc1cc(O[C@H]2CCN[C@@H](C(C#N)C(C)(C)C)C2)nc(-c2noc(C(C)(C)c3c(F)cccc3F)n2)n1)[C@@H]1C[C@H](F)CN1C. The van der Waals surface area contributed by atoms with E-state index in [9.17, 15) is 18.4 Å². The number of hydrogen-bond donors (Lipinski definition) is 1. The molecule has 1 aromatic carbocycles. The molecule has 0 amide bonds. The summed E-state index contributed by atoms with van der Waals surface area (Å²) in [5.74, 6) is -1.37. The van der Waals surface area contributed by atoms with Crippen LogP contribution < -0.4 is 14.8 Å². The second kappa shape index (κ2) is 13.2. The minimum absolute atomic E-state index is 0.0231. The van der Waals surface area contributed by atoms with Crippen LogP contribution >= 0.6 is 0 Å². The fourth-order valence-electron chi connectivity index (χ4n) is 6.51. The summed E-state index contributed by atoms with van der Waals surface area (Å²) in [7, 11) is 1.85. The number of nitrogens with one attached hydrogen (secondary N) is 1. The van der Waals surface area contributed by atoms with Crippen molar-refractivity contribution in [3.05, 3.63) is 47.4 Å². The van der Waals surface area contributed by atoms with Crippen LogP contribution in [0.25, 0.3) is 11.6 Å². The number of nitriles is 1. The molecule has 2 fully saturated rings. The molecule has 1 unspecified atom stereocenters. The average Bonchev–Trinajstić information content (AvgIpc) is 3.59.